The van der Waals surface area contributed by atoms with Gasteiger partial charge in [-0.2, -0.15) is 0 Å². The van der Waals surface area contributed by atoms with E-state index in [4.69, 9.17) is 15.2 Å². The van der Waals surface area contributed by atoms with Crippen molar-refractivity contribution in [1.82, 2.24) is 0 Å². The molecule has 1 saturated heterocycles. The summed E-state index contributed by atoms with van der Waals surface area (Å²) in [7, 11) is 0. The number of rotatable bonds is 4. The molecule has 1 aliphatic heterocycles. The van der Waals surface area contributed by atoms with Crippen LogP contribution in [0.3, 0.4) is 0 Å². The lowest BCUT2D eigenvalue weighted by Crippen LogP contribution is -2.26. The zero-order valence-corrected chi connectivity index (χ0v) is 15.0. The van der Waals surface area contributed by atoms with Crippen molar-refractivity contribution >= 4 is 29.7 Å². The van der Waals surface area contributed by atoms with Crippen LogP contribution in [0.2, 0.25) is 0 Å². The number of nitrogens with two attached hydrogens (primary N) is 1. The van der Waals surface area contributed by atoms with E-state index in [1.165, 1.54) is 0 Å². The van der Waals surface area contributed by atoms with Crippen molar-refractivity contribution in [1.29, 1.82) is 0 Å². The van der Waals surface area contributed by atoms with Crippen molar-refractivity contribution in [3.8, 4) is 5.75 Å². The van der Waals surface area contributed by atoms with Gasteiger partial charge in [0.1, 0.15) is 11.9 Å². The maximum absolute atomic E-state index is 12.3. The Kier molecular flexibility index (Phi) is 6.67. The van der Waals surface area contributed by atoms with Gasteiger partial charge in [-0.25, -0.2) is 0 Å². The Hall–Kier alpha value is -2.24. The Balaban J connectivity index is 0.00000225. The molecule has 0 saturated carbocycles. The van der Waals surface area contributed by atoms with Crippen molar-refractivity contribution in [2.24, 2.45) is 0 Å². The molecule has 0 unspecified atom stereocenters. The fraction of sp³-hybridized carbons (Fsp3) is 0.316. The van der Waals surface area contributed by atoms with E-state index >= 15 is 0 Å². The number of ether oxygens (including phenoxy) is 2. The lowest BCUT2D eigenvalue weighted by molar-refractivity contribution is 0.0253. The van der Waals surface area contributed by atoms with Crippen molar-refractivity contribution in [3.63, 3.8) is 0 Å². The molecule has 0 radical (unpaired) electrons. The molecule has 1 heterocycles. The summed E-state index contributed by atoms with van der Waals surface area (Å²) in [5.41, 5.74) is 8.55. The van der Waals surface area contributed by atoms with Gasteiger partial charge in [0.2, 0.25) is 0 Å². The average molecular weight is 363 g/mol. The molecule has 0 aromatic heterocycles. The number of nitrogen functional groups attached to an aromatic ring is 1. The van der Waals surface area contributed by atoms with E-state index in [2.05, 4.69) is 5.32 Å². The first-order chi connectivity index (χ1) is 11.6. The summed E-state index contributed by atoms with van der Waals surface area (Å²) < 4.78 is 11.4. The topological polar surface area (TPSA) is 73.6 Å². The first-order valence-corrected chi connectivity index (χ1v) is 8.14. The Labute approximate surface area is 153 Å². The van der Waals surface area contributed by atoms with E-state index < -0.39 is 0 Å². The van der Waals surface area contributed by atoms with Crippen LogP contribution in [-0.2, 0) is 4.74 Å². The Bertz CT molecular complexity index is 730. The van der Waals surface area contributed by atoms with Crippen LogP contribution >= 0.6 is 12.4 Å². The normalized spacial score (nSPS) is 14.4. The number of nitrogens with one attached hydrogen (secondary N) is 1. The fourth-order valence-corrected chi connectivity index (χ4v) is 2.72. The molecule has 2 aromatic carbocycles. The minimum Gasteiger partial charge on any atom is -0.490 e. The highest BCUT2D eigenvalue weighted by Gasteiger charge is 2.16. The van der Waals surface area contributed by atoms with Crippen LogP contribution in [0.4, 0.5) is 11.4 Å². The van der Waals surface area contributed by atoms with Crippen LogP contribution in [0.1, 0.15) is 28.8 Å². The largest absolute Gasteiger partial charge is 0.490 e. The highest BCUT2D eigenvalue weighted by Crippen LogP contribution is 2.25. The van der Waals surface area contributed by atoms with Gasteiger partial charge in [-0.1, -0.05) is 6.07 Å². The van der Waals surface area contributed by atoms with E-state index in [0.717, 1.165) is 43.1 Å². The summed E-state index contributed by atoms with van der Waals surface area (Å²) in [6, 6.07) is 12.6. The van der Waals surface area contributed by atoms with Crippen molar-refractivity contribution in [2.75, 3.05) is 24.3 Å². The van der Waals surface area contributed by atoms with Crippen LogP contribution in [-0.4, -0.2) is 25.2 Å². The second-order valence-electron chi connectivity index (χ2n) is 5.99. The van der Waals surface area contributed by atoms with E-state index in [-0.39, 0.29) is 24.4 Å². The molecule has 0 spiro atoms. The van der Waals surface area contributed by atoms with Gasteiger partial charge >= 0.3 is 0 Å². The number of anilines is 2. The van der Waals surface area contributed by atoms with Gasteiger partial charge in [-0.15, -0.1) is 12.4 Å². The van der Waals surface area contributed by atoms with Crippen molar-refractivity contribution in [2.45, 2.75) is 25.9 Å². The van der Waals surface area contributed by atoms with Gasteiger partial charge in [0, 0.05) is 29.8 Å². The number of halogens is 1. The molecule has 0 atom stereocenters. The Morgan fingerprint density at radius 3 is 2.64 bits per heavy atom. The molecule has 6 heteroatoms. The second kappa shape index (κ2) is 8.74. The third-order valence-corrected chi connectivity index (χ3v) is 4.04. The minimum absolute atomic E-state index is 0. The van der Waals surface area contributed by atoms with Gasteiger partial charge in [0.15, 0.2) is 0 Å². The zero-order valence-electron chi connectivity index (χ0n) is 14.2. The molecule has 134 valence electrons. The molecule has 0 bridgehead atoms. The molecule has 2 aromatic rings. The van der Waals surface area contributed by atoms with Crippen LogP contribution < -0.4 is 15.8 Å². The number of carbonyl (C=O) groups is 1. The van der Waals surface area contributed by atoms with Crippen LogP contribution in [0.15, 0.2) is 42.5 Å². The van der Waals surface area contributed by atoms with Gasteiger partial charge in [0.25, 0.3) is 5.91 Å². The van der Waals surface area contributed by atoms with Crippen LogP contribution in [0.25, 0.3) is 0 Å². The predicted molar refractivity (Wildman–Crippen MR) is 102 cm³/mol. The summed E-state index contributed by atoms with van der Waals surface area (Å²) >= 11 is 0. The average Bonchev–Trinajstić information content (AvgIpc) is 2.58. The molecular formula is C19H23ClN2O3. The fourth-order valence-electron chi connectivity index (χ4n) is 2.72. The first-order valence-electron chi connectivity index (χ1n) is 8.14. The van der Waals surface area contributed by atoms with Gasteiger partial charge < -0.3 is 20.5 Å². The molecule has 3 rings (SSSR count). The van der Waals surface area contributed by atoms with E-state index in [1.807, 2.05) is 25.1 Å². The zero-order chi connectivity index (χ0) is 16.9. The number of hydrogen-bond donors (Lipinski definition) is 2. The van der Waals surface area contributed by atoms with Crippen LogP contribution in [0, 0.1) is 6.92 Å². The summed E-state index contributed by atoms with van der Waals surface area (Å²) in [5, 5.41) is 2.89. The molecule has 5 nitrogen and oxygen atoms in total. The lowest BCUT2D eigenvalue weighted by atomic mass is 10.1. The molecule has 0 aliphatic carbocycles. The van der Waals surface area contributed by atoms with Gasteiger partial charge in [-0.05, 0) is 48.9 Å². The summed E-state index contributed by atoms with van der Waals surface area (Å²) in [4.78, 5) is 12.3. The number of carbonyl (C=O) groups excluding carboxylic acids is 1. The van der Waals surface area contributed by atoms with Crippen LogP contribution in [0.5, 0.6) is 5.75 Å². The Morgan fingerprint density at radius 1 is 1.20 bits per heavy atom. The Morgan fingerprint density at radius 2 is 1.96 bits per heavy atom. The van der Waals surface area contributed by atoms with Gasteiger partial charge in [-0.3, -0.25) is 4.79 Å². The molecule has 1 fully saturated rings. The third-order valence-electron chi connectivity index (χ3n) is 4.04. The lowest BCUT2D eigenvalue weighted by Gasteiger charge is -2.24. The summed E-state index contributed by atoms with van der Waals surface area (Å²) in [6.07, 6.45) is 2.02. The molecular weight excluding hydrogens is 340 g/mol. The molecule has 1 aliphatic rings. The van der Waals surface area contributed by atoms with E-state index in [1.54, 1.807) is 24.3 Å². The first kappa shape index (κ1) is 19.1. The number of benzene rings is 2. The minimum atomic E-state index is -0.181. The number of hydrogen-bond acceptors (Lipinski definition) is 4. The smallest absolute Gasteiger partial charge is 0.255 e. The highest BCUT2D eigenvalue weighted by atomic mass is 35.5. The predicted octanol–water partition coefficient (Wildman–Crippen LogP) is 3.81. The highest BCUT2D eigenvalue weighted by molar-refractivity contribution is 6.04. The number of amides is 1. The second-order valence-corrected chi connectivity index (χ2v) is 5.99. The van der Waals surface area contributed by atoms with E-state index in [0.29, 0.717) is 11.3 Å². The monoisotopic (exact) mass is 362 g/mol. The van der Waals surface area contributed by atoms with Crippen molar-refractivity contribution in [3.05, 3.63) is 53.6 Å². The summed E-state index contributed by atoms with van der Waals surface area (Å²) in [6.45, 7) is 3.47. The standard InChI is InChI=1S/C19H22N2O3.ClH/c1-13-11-16(21-19(22)14-3-2-4-15(20)12-14)5-6-18(13)24-17-7-9-23-10-8-17;/h2-6,11-12,17H,7-10,20H2,1H3,(H,21,22);1H. The SMILES string of the molecule is Cc1cc(NC(=O)c2cccc(N)c2)ccc1OC1CCOCC1.Cl. The molecule has 25 heavy (non-hydrogen) atoms. The maximum Gasteiger partial charge on any atom is 0.255 e. The van der Waals surface area contributed by atoms with Crippen molar-refractivity contribution < 1.29 is 14.3 Å². The quantitative estimate of drug-likeness (QED) is 0.811. The maximum atomic E-state index is 12.3. The number of aryl methyl sites for hydroxylation is 1. The molecule has 3 N–H and O–H groups in total. The summed E-state index contributed by atoms with van der Waals surface area (Å²) in [5.74, 6) is 0.670. The van der Waals surface area contributed by atoms with Gasteiger partial charge in [0.05, 0.1) is 13.2 Å². The molecule has 1 amide bonds. The van der Waals surface area contributed by atoms with E-state index in [9.17, 15) is 4.79 Å². The third kappa shape index (κ3) is 5.11.